The number of methoxy groups -OCH3 is 1. The summed E-state index contributed by atoms with van der Waals surface area (Å²) in [6.45, 7) is -0.339. The first kappa shape index (κ1) is 19.4. The van der Waals surface area contributed by atoms with Crippen molar-refractivity contribution in [1.82, 2.24) is 4.98 Å². The Morgan fingerprint density at radius 2 is 2.12 bits per heavy atom. The van der Waals surface area contributed by atoms with Gasteiger partial charge in [-0.1, -0.05) is 23.2 Å². The first-order valence-corrected chi connectivity index (χ1v) is 7.75. The highest BCUT2D eigenvalue weighted by Crippen LogP contribution is 2.33. The van der Waals surface area contributed by atoms with E-state index in [1.807, 2.05) is 0 Å². The number of hydrazone groups is 1. The molecule has 0 amide bonds. The Balaban J connectivity index is 2.12. The lowest BCUT2D eigenvalue weighted by Crippen LogP contribution is -2.13. The average molecular weight is 399 g/mol. The molecule has 0 saturated heterocycles. The van der Waals surface area contributed by atoms with Crippen LogP contribution in [0.15, 0.2) is 35.6 Å². The van der Waals surface area contributed by atoms with Crippen LogP contribution in [0.2, 0.25) is 10.0 Å². The molecule has 2 aromatic rings. The first-order valence-electron chi connectivity index (χ1n) is 6.99. The van der Waals surface area contributed by atoms with Crippen LogP contribution in [0.4, 0.5) is 11.5 Å². The molecule has 1 aromatic carbocycles. The Morgan fingerprint density at radius 3 is 2.73 bits per heavy atom. The number of carbonyl (C=O) groups excluding carboxylic acids is 1. The number of pyridine rings is 1. The SMILES string of the molecule is COC(=O)COc1c(Cl)cc(/C=N\Nc2ncccc2[N+](=O)[O-])cc1Cl. The van der Waals surface area contributed by atoms with Crippen LogP contribution < -0.4 is 10.2 Å². The van der Waals surface area contributed by atoms with Gasteiger partial charge in [0.05, 0.1) is 28.3 Å². The monoisotopic (exact) mass is 398 g/mol. The van der Waals surface area contributed by atoms with Gasteiger partial charge >= 0.3 is 11.7 Å². The van der Waals surface area contributed by atoms with Crippen molar-refractivity contribution in [2.24, 2.45) is 5.10 Å². The summed E-state index contributed by atoms with van der Waals surface area (Å²) in [7, 11) is 1.23. The molecule has 2 rings (SSSR count). The van der Waals surface area contributed by atoms with E-state index in [1.165, 1.54) is 43.8 Å². The summed E-state index contributed by atoms with van der Waals surface area (Å²) in [5.41, 5.74) is 2.76. The van der Waals surface area contributed by atoms with E-state index in [0.29, 0.717) is 5.56 Å². The highest BCUT2D eigenvalue weighted by Gasteiger charge is 2.14. The molecule has 136 valence electrons. The van der Waals surface area contributed by atoms with E-state index in [1.54, 1.807) is 0 Å². The van der Waals surface area contributed by atoms with Crippen molar-refractivity contribution in [3.63, 3.8) is 0 Å². The summed E-state index contributed by atoms with van der Waals surface area (Å²) >= 11 is 12.2. The quantitative estimate of drug-likeness (QED) is 0.329. The third-order valence-electron chi connectivity index (χ3n) is 2.95. The number of esters is 1. The van der Waals surface area contributed by atoms with Gasteiger partial charge in [0.25, 0.3) is 0 Å². The zero-order valence-electron chi connectivity index (χ0n) is 13.3. The van der Waals surface area contributed by atoms with Gasteiger partial charge in [0.2, 0.25) is 5.82 Å². The Hall–Kier alpha value is -2.91. The number of nitro groups is 1. The van der Waals surface area contributed by atoms with Crippen molar-refractivity contribution in [2.75, 3.05) is 19.1 Å². The molecule has 0 saturated carbocycles. The van der Waals surface area contributed by atoms with E-state index >= 15 is 0 Å². The lowest BCUT2D eigenvalue weighted by atomic mass is 10.2. The summed E-state index contributed by atoms with van der Waals surface area (Å²) < 4.78 is 9.67. The number of nitrogens with one attached hydrogen (secondary N) is 1. The molecule has 1 N–H and O–H groups in total. The first-order chi connectivity index (χ1) is 12.4. The number of ether oxygens (including phenoxy) is 2. The largest absolute Gasteiger partial charge is 0.479 e. The zero-order valence-corrected chi connectivity index (χ0v) is 14.8. The molecule has 0 bridgehead atoms. The number of hydrogen-bond donors (Lipinski definition) is 1. The topological polar surface area (TPSA) is 116 Å². The molecule has 0 unspecified atom stereocenters. The minimum absolute atomic E-state index is 0.0102. The standard InChI is InChI=1S/C15H12Cl2N4O5/c1-25-13(22)8-26-14-10(16)5-9(6-11(14)17)7-19-20-15-12(21(23)24)3-2-4-18-15/h2-7H,8H2,1H3,(H,18,20)/b19-7-. The van der Waals surface area contributed by atoms with E-state index < -0.39 is 10.9 Å². The van der Waals surface area contributed by atoms with Gasteiger partial charge in [0, 0.05) is 12.3 Å². The van der Waals surface area contributed by atoms with Gasteiger partial charge in [-0.3, -0.25) is 15.5 Å². The number of benzene rings is 1. The van der Waals surface area contributed by atoms with Gasteiger partial charge in [-0.05, 0) is 23.8 Å². The molecule has 0 aliphatic carbocycles. The summed E-state index contributed by atoms with van der Waals surface area (Å²) in [5.74, 6) is -0.461. The lowest BCUT2D eigenvalue weighted by molar-refractivity contribution is -0.384. The second-order valence-electron chi connectivity index (χ2n) is 4.68. The van der Waals surface area contributed by atoms with Gasteiger partial charge < -0.3 is 9.47 Å². The fourth-order valence-electron chi connectivity index (χ4n) is 1.78. The third kappa shape index (κ3) is 5.04. The van der Waals surface area contributed by atoms with Crippen molar-refractivity contribution in [3.05, 3.63) is 56.2 Å². The van der Waals surface area contributed by atoms with Crippen LogP contribution in [0.3, 0.4) is 0 Å². The van der Waals surface area contributed by atoms with Crippen LogP contribution in [-0.2, 0) is 9.53 Å². The molecule has 11 heteroatoms. The van der Waals surface area contributed by atoms with E-state index in [9.17, 15) is 14.9 Å². The maximum atomic E-state index is 11.1. The maximum Gasteiger partial charge on any atom is 0.343 e. The van der Waals surface area contributed by atoms with Crippen molar-refractivity contribution < 1.29 is 19.2 Å². The molecule has 9 nitrogen and oxygen atoms in total. The lowest BCUT2D eigenvalue weighted by Gasteiger charge is -2.09. The minimum atomic E-state index is -0.580. The third-order valence-corrected chi connectivity index (χ3v) is 3.51. The molecule has 1 heterocycles. The molecular formula is C15H12Cl2N4O5. The van der Waals surface area contributed by atoms with Crippen LogP contribution in [0.5, 0.6) is 5.75 Å². The normalized spacial score (nSPS) is 10.6. The van der Waals surface area contributed by atoms with Crippen LogP contribution in [0.1, 0.15) is 5.56 Å². The van der Waals surface area contributed by atoms with Crippen LogP contribution in [0, 0.1) is 10.1 Å². The van der Waals surface area contributed by atoms with Crippen LogP contribution in [-0.4, -0.2) is 35.8 Å². The Labute approximate surface area is 157 Å². The zero-order chi connectivity index (χ0) is 19.1. The summed E-state index contributed by atoms with van der Waals surface area (Å²) in [4.78, 5) is 25.3. The number of nitrogens with zero attached hydrogens (tertiary/aromatic N) is 3. The molecule has 0 fully saturated rings. The fraction of sp³-hybridized carbons (Fsp3) is 0.133. The van der Waals surface area contributed by atoms with Crippen molar-refractivity contribution in [2.45, 2.75) is 0 Å². The number of halogens is 2. The number of carbonyl (C=O) groups is 1. The van der Waals surface area contributed by atoms with E-state index in [4.69, 9.17) is 27.9 Å². The second kappa shape index (κ2) is 8.97. The van der Waals surface area contributed by atoms with Crippen LogP contribution >= 0.6 is 23.2 Å². The Bertz CT molecular complexity index is 837. The predicted molar refractivity (Wildman–Crippen MR) is 96.1 cm³/mol. The Morgan fingerprint density at radius 1 is 1.42 bits per heavy atom. The van der Waals surface area contributed by atoms with Crippen molar-refractivity contribution in [3.8, 4) is 5.75 Å². The molecule has 1 aromatic heterocycles. The van der Waals surface area contributed by atoms with Gasteiger partial charge in [0.15, 0.2) is 12.4 Å². The van der Waals surface area contributed by atoms with E-state index in [-0.39, 0.29) is 33.9 Å². The molecule has 26 heavy (non-hydrogen) atoms. The molecule has 0 atom stereocenters. The molecular weight excluding hydrogens is 387 g/mol. The van der Waals surface area contributed by atoms with Crippen LogP contribution in [0.25, 0.3) is 0 Å². The molecule has 0 aliphatic rings. The minimum Gasteiger partial charge on any atom is -0.479 e. The summed E-state index contributed by atoms with van der Waals surface area (Å²) in [6, 6.07) is 5.74. The maximum absolute atomic E-state index is 11.1. The van der Waals surface area contributed by atoms with Crippen molar-refractivity contribution in [1.29, 1.82) is 0 Å². The number of rotatable bonds is 7. The van der Waals surface area contributed by atoms with E-state index in [2.05, 4.69) is 20.2 Å². The van der Waals surface area contributed by atoms with Gasteiger partial charge in [-0.2, -0.15) is 5.10 Å². The number of hydrogen-bond acceptors (Lipinski definition) is 8. The second-order valence-corrected chi connectivity index (χ2v) is 5.49. The van der Waals surface area contributed by atoms with Crippen molar-refractivity contribution >= 4 is 46.9 Å². The summed E-state index contributed by atoms with van der Waals surface area (Å²) in [6.07, 6.45) is 2.74. The highest BCUT2D eigenvalue weighted by atomic mass is 35.5. The number of aromatic nitrogens is 1. The average Bonchev–Trinajstić information content (AvgIpc) is 2.61. The van der Waals surface area contributed by atoms with Gasteiger partial charge in [-0.25, -0.2) is 9.78 Å². The predicted octanol–water partition coefficient (Wildman–Crippen LogP) is 3.29. The van der Waals surface area contributed by atoms with Gasteiger partial charge in [-0.15, -0.1) is 0 Å². The van der Waals surface area contributed by atoms with Gasteiger partial charge in [0.1, 0.15) is 0 Å². The number of anilines is 1. The van der Waals surface area contributed by atoms with E-state index in [0.717, 1.165) is 0 Å². The highest BCUT2D eigenvalue weighted by molar-refractivity contribution is 6.37. The summed E-state index contributed by atoms with van der Waals surface area (Å²) in [5, 5.41) is 15.1. The smallest absolute Gasteiger partial charge is 0.343 e. The fourth-order valence-corrected chi connectivity index (χ4v) is 2.39. The molecule has 0 aliphatic heterocycles. The Kier molecular flexibility index (Phi) is 6.70. The molecule has 0 spiro atoms. The molecule has 0 radical (unpaired) electrons.